The van der Waals surface area contributed by atoms with Gasteiger partial charge in [-0.2, -0.15) is 0 Å². The van der Waals surface area contributed by atoms with Crippen LogP contribution in [0.15, 0.2) is 36.4 Å². The van der Waals surface area contributed by atoms with Crippen LogP contribution in [0.5, 0.6) is 0 Å². The van der Waals surface area contributed by atoms with E-state index in [1.165, 1.54) is 81.6 Å². The van der Waals surface area contributed by atoms with Crippen molar-refractivity contribution in [1.29, 1.82) is 0 Å². The predicted octanol–water partition coefficient (Wildman–Crippen LogP) is 5.04. The van der Waals surface area contributed by atoms with E-state index in [1.807, 2.05) is 18.2 Å². The van der Waals surface area contributed by atoms with Crippen molar-refractivity contribution < 1.29 is 0 Å². The van der Waals surface area contributed by atoms with Crippen LogP contribution in [0.2, 0.25) is 10.0 Å². The monoisotopic (exact) mass is 543 g/mol. The second-order valence-electron chi connectivity index (χ2n) is 11.5. The molecule has 202 valence electrons. The van der Waals surface area contributed by atoms with E-state index in [1.54, 1.807) is 0 Å². The van der Waals surface area contributed by atoms with Gasteiger partial charge in [-0.3, -0.25) is 14.7 Å². The summed E-state index contributed by atoms with van der Waals surface area (Å²) in [7, 11) is 2.24. The molecule has 3 fully saturated rings. The second-order valence-corrected chi connectivity index (χ2v) is 12.4. The summed E-state index contributed by atoms with van der Waals surface area (Å²) in [6, 6.07) is 13.7. The molecular weight excluding hydrogens is 501 g/mol. The SMILES string of the molecule is CN1CCN(C2CCN(Cc3cc(CN4CCC(CN)CC4)cc(-c4cc(Cl)cc(Cl)c4)c3)CC2)CC1. The molecule has 5 rings (SSSR count). The lowest BCUT2D eigenvalue weighted by Gasteiger charge is -2.42. The van der Waals surface area contributed by atoms with Crippen LogP contribution in [0, 0.1) is 5.92 Å². The van der Waals surface area contributed by atoms with Gasteiger partial charge in [-0.1, -0.05) is 29.3 Å². The minimum Gasteiger partial charge on any atom is -0.330 e. The van der Waals surface area contributed by atoms with Gasteiger partial charge in [0.2, 0.25) is 0 Å². The maximum atomic E-state index is 6.39. The number of nitrogens with zero attached hydrogens (tertiary/aromatic N) is 4. The molecule has 0 unspecified atom stereocenters. The van der Waals surface area contributed by atoms with Crippen molar-refractivity contribution in [3.63, 3.8) is 0 Å². The average molecular weight is 545 g/mol. The Morgan fingerprint density at radius 1 is 0.676 bits per heavy atom. The zero-order valence-corrected chi connectivity index (χ0v) is 23.9. The number of halogens is 2. The third-order valence-corrected chi connectivity index (χ3v) is 9.15. The van der Waals surface area contributed by atoms with Gasteiger partial charge >= 0.3 is 0 Å². The fraction of sp³-hybridized carbons (Fsp3) is 0.600. The Bertz CT molecular complexity index is 1000. The molecule has 2 aromatic carbocycles. The van der Waals surface area contributed by atoms with Crippen molar-refractivity contribution in [2.24, 2.45) is 11.7 Å². The highest BCUT2D eigenvalue weighted by molar-refractivity contribution is 6.35. The number of benzene rings is 2. The Kier molecular flexibility index (Phi) is 9.46. The van der Waals surface area contributed by atoms with Crippen molar-refractivity contribution in [2.75, 3.05) is 66.0 Å². The molecule has 37 heavy (non-hydrogen) atoms. The van der Waals surface area contributed by atoms with Crippen LogP contribution in [-0.2, 0) is 13.1 Å². The van der Waals surface area contributed by atoms with Crippen LogP contribution < -0.4 is 5.73 Å². The molecule has 3 heterocycles. The highest BCUT2D eigenvalue weighted by Crippen LogP contribution is 2.30. The minimum absolute atomic E-state index is 0.681. The lowest BCUT2D eigenvalue weighted by Crippen LogP contribution is -2.52. The van der Waals surface area contributed by atoms with Crippen molar-refractivity contribution in [3.05, 3.63) is 57.6 Å². The van der Waals surface area contributed by atoms with Crippen molar-refractivity contribution in [3.8, 4) is 11.1 Å². The predicted molar refractivity (Wildman–Crippen MR) is 156 cm³/mol. The molecule has 7 heteroatoms. The third kappa shape index (κ3) is 7.48. The highest BCUT2D eigenvalue weighted by Gasteiger charge is 2.27. The molecule has 0 spiro atoms. The molecule has 2 aromatic rings. The Morgan fingerprint density at radius 2 is 1.19 bits per heavy atom. The zero-order chi connectivity index (χ0) is 25.8. The summed E-state index contributed by atoms with van der Waals surface area (Å²) in [6.45, 7) is 12.2. The first kappa shape index (κ1) is 27.4. The van der Waals surface area contributed by atoms with Crippen LogP contribution in [0.4, 0.5) is 0 Å². The molecule has 3 aliphatic rings. The first-order valence-corrected chi connectivity index (χ1v) is 14.9. The van der Waals surface area contributed by atoms with E-state index in [0.717, 1.165) is 44.3 Å². The Hall–Kier alpha value is -1.18. The number of piperazine rings is 1. The first-order valence-electron chi connectivity index (χ1n) is 14.1. The van der Waals surface area contributed by atoms with Crippen molar-refractivity contribution >= 4 is 23.2 Å². The van der Waals surface area contributed by atoms with Gasteiger partial charge in [0.1, 0.15) is 0 Å². The number of likely N-dealkylation sites (N-methyl/N-ethyl adjacent to an activating group) is 1. The van der Waals surface area contributed by atoms with Gasteiger partial charge in [-0.05, 0) is 124 Å². The van der Waals surface area contributed by atoms with E-state index in [2.05, 4.69) is 44.8 Å². The van der Waals surface area contributed by atoms with Gasteiger partial charge in [0.25, 0.3) is 0 Å². The zero-order valence-electron chi connectivity index (χ0n) is 22.3. The fourth-order valence-corrected chi connectivity index (χ4v) is 6.88. The summed E-state index contributed by atoms with van der Waals surface area (Å²) in [5.74, 6) is 0.681. The first-order chi connectivity index (χ1) is 17.9. The van der Waals surface area contributed by atoms with Crippen LogP contribution in [-0.4, -0.2) is 91.6 Å². The molecule has 0 amide bonds. The van der Waals surface area contributed by atoms with E-state index in [9.17, 15) is 0 Å². The van der Waals surface area contributed by atoms with E-state index in [4.69, 9.17) is 28.9 Å². The number of piperidine rings is 2. The normalized spacial score (nSPS) is 22.1. The summed E-state index contributed by atoms with van der Waals surface area (Å²) in [6.07, 6.45) is 4.96. The lowest BCUT2D eigenvalue weighted by atomic mass is 9.95. The molecule has 3 saturated heterocycles. The summed E-state index contributed by atoms with van der Waals surface area (Å²) in [5.41, 5.74) is 11.0. The van der Waals surface area contributed by atoms with E-state index in [0.29, 0.717) is 16.0 Å². The number of hydrogen-bond acceptors (Lipinski definition) is 5. The lowest BCUT2D eigenvalue weighted by molar-refractivity contribution is 0.0658. The van der Waals surface area contributed by atoms with Gasteiger partial charge in [0, 0.05) is 55.4 Å². The average Bonchev–Trinajstić information content (AvgIpc) is 2.89. The standard InChI is InChI=1S/C30H43Cl2N5/c1-34-10-12-37(13-11-34)30-4-8-36(9-5-30)22-25-14-24(21-35-6-2-23(20-33)3-7-35)15-26(16-25)27-17-28(31)19-29(32)18-27/h14-19,23,30H,2-13,20-22,33H2,1H3. The maximum Gasteiger partial charge on any atom is 0.0426 e. The second kappa shape index (κ2) is 12.8. The summed E-state index contributed by atoms with van der Waals surface area (Å²) >= 11 is 12.8. The van der Waals surface area contributed by atoms with E-state index >= 15 is 0 Å². The molecular formula is C30H43Cl2N5. The molecule has 0 aromatic heterocycles. The number of likely N-dealkylation sites (tertiary alicyclic amines) is 2. The minimum atomic E-state index is 0.681. The summed E-state index contributed by atoms with van der Waals surface area (Å²) < 4.78 is 0. The number of hydrogen-bond donors (Lipinski definition) is 1. The third-order valence-electron chi connectivity index (χ3n) is 8.71. The van der Waals surface area contributed by atoms with Gasteiger partial charge in [0.15, 0.2) is 0 Å². The molecule has 0 atom stereocenters. The Labute approximate surface area is 233 Å². The van der Waals surface area contributed by atoms with E-state index < -0.39 is 0 Å². The van der Waals surface area contributed by atoms with Crippen LogP contribution >= 0.6 is 23.2 Å². The Morgan fingerprint density at radius 3 is 1.73 bits per heavy atom. The maximum absolute atomic E-state index is 6.39. The van der Waals surface area contributed by atoms with Crippen molar-refractivity contribution in [2.45, 2.75) is 44.8 Å². The largest absolute Gasteiger partial charge is 0.330 e. The number of rotatable bonds is 7. The topological polar surface area (TPSA) is 39.0 Å². The quantitative estimate of drug-likeness (QED) is 0.529. The molecule has 0 saturated carbocycles. The molecule has 0 bridgehead atoms. The molecule has 0 radical (unpaired) electrons. The van der Waals surface area contributed by atoms with Gasteiger partial charge in [-0.15, -0.1) is 0 Å². The Balaban J connectivity index is 1.28. The van der Waals surface area contributed by atoms with Crippen LogP contribution in [0.3, 0.4) is 0 Å². The van der Waals surface area contributed by atoms with Gasteiger partial charge in [0.05, 0.1) is 0 Å². The van der Waals surface area contributed by atoms with Crippen LogP contribution in [0.1, 0.15) is 36.8 Å². The van der Waals surface area contributed by atoms with Gasteiger partial charge in [-0.25, -0.2) is 0 Å². The molecule has 3 aliphatic heterocycles. The number of nitrogens with two attached hydrogens (primary N) is 1. The molecule has 5 nitrogen and oxygen atoms in total. The summed E-state index contributed by atoms with van der Waals surface area (Å²) in [4.78, 5) is 10.4. The molecule has 2 N–H and O–H groups in total. The molecule has 0 aliphatic carbocycles. The highest BCUT2D eigenvalue weighted by atomic mass is 35.5. The van der Waals surface area contributed by atoms with E-state index in [-0.39, 0.29) is 0 Å². The van der Waals surface area contributed by atoms with Crippen molar-refractivity contribution in [1.82, 2.24) is 19.6 Å². The smallest absolute Gasteiger partial charge is 0.0426 e. The fourth-order valence-electron chi connectivity index (χ4n) is 6.36. The van der Waals surface area contributed by atoms with Crippen LogP contribution in [0.25, 0.3) is 11.1 Å². The summed E-state index contributed by atoms with van der Waals surface area (Å²) in [5, 5.41) is 1.37. The van der Waals surface area contributed by atoms with Gasteiger partial charge < -0.3 is 10.6 Å².